The average Bonchev–Trinajstić information content (AvgIpc) is 3.80. The topological polar surface area (TPSA) is 175 Å². The van der Waals surface area contributed by atoms with E-state index in [4.69, 9.17) is 9.47 Å². The number of benzene rings is 1. The van der Waals surface area contributed by atoms with Crippen molar-refractivity contribution in [1.29, 1.82) is 0 Å². The van der Waals surface area contributed by atoms with E-state index in [1.165, 1.54) is 9.80 Å². The van der Waals surface area contributed by atoms with Gasteiger partial charge in [0.05, 0.1) is 24.3 Å². The van der Waals surface area contributed by atoms with E-state index in [2.05, 4.69) is 27.8 Å². The number of likely N-dealkylation sites (N-methyl/N-ethyl adjacent to an activating group) is 1. The summed E-state index contributed by atoms with van der Waals surface area (Å²) in [5.41, 5.74) is -1.08. The van der Waals surface area contributed by atoms with Gasteiger partial charge in [-0.2, -0.15) is 0 Å². The first-order valence-electron chi connectivity index (χ1n) is 19.8. The smallest absolute Gasteiger partial charge is 0.408 e. The van der Waals surface area contributed by atoms with Crippen molar-refractivity contribution in [2.75, 3.05) is 27.2 Å². The summed E-state index contributed by atoms with van der Waals surface area (Å²) < 4.78 is 11.8. The lowest BCUT2D eigenvalue weighted by molar-refractivity contribution is -0.145. The second-order valence-electron chi connectivity index (χ2n) is 18.5. The highest BCUT2D eigenvalue weighted by atomic mass is 16.6. The Kier molecular flexibility index (Phi) is 14.0. The van der Waals surface area contributed by atoms with E-state index in [-0.39, 0.29) is 37.3 Å². The number of nitrogens with one attached hydrogen (secondary N) is 4. The molecule has 5 amide bonds. The van der Waals surface area contributed by atoms with Gasteiger partial charge in [-0.3, -0.25) is 24.0 Å². The number of amides is 5. The Hall–Kier alpha value is -4.46. The summed E-state index contributed by atoms with van der Waals surface area (Å²) in [6.07, 6.45) is 3.27. The highest BCUT2D eigenvalue weighted by Crippen LogP contribution is 2.44. The van der Waals surface area contributed by atoms with E-state index in [1.807, 2.05) is 65.0 Å². The van der Waals surface area contributed by atoms with Gasteiger partial charge in [-0.25, -0.2) is 4.79 Å². The van der Waals surface area contributed by atoms with Crippen molar-refractivity contribution in [3.63, 3.8) is 0 Å². The van der Waals surface area contributed by atoms with Gasteiger partial charge in [0, 0.05) is 32.3 Å². The molecule has 2 unspecified atom stereocenters. The maximum atomic E-state index is 14.5. The first-order chi connectivity index (χ1) is 26.0. The Labute approximate surface area is 332 Å². The fourth-order valence-electron chi connectivity index (χ4n) is 8.02. The summed E-state index contributed by atoms with van der Waals surface area (Å²) in [6, 6.07) is 5.13. The van der Waals surface area contributed by atoms with Crippen LogP contribution in [-0.2, 0) is 33.4 Å². The van der Waals surface area contributed by atoms with Gasteiger partial charge in [0.1, 0.15) is 23.7 Å². The largest absolute Gasteiger partial charge is 0.444 e. The quantitative estimate of drug-likeness (QED) is 0.204. The summed E-state index contributed by atoms with van der Waals surface area (Å²) >= 11 is 0. The van der Waals surface area contributed by atoms with E-state index >= 15 is 0 Å². The lowest BCUT2D eigenvalue weighted by atomic mass is 9.85. The number of carbonyl (C=O) groups is 6. The summed E-state index contributed by atoms with van der Waals surface area (Å²) in [7, 11) is 3.29. The molecule has 310 valence electrons. The van der Waals surface area contributed by atoms with Crippen LogP contribution in [0.2, 0.25) is 0 Å². The van der Waals surface area contributed by atoms with Gasteiger partial charge in [0.25, 0.3) is 5.91 Å². The van der Waals surface area contributed by atoms with E-state index < -0.39 is 76.5 Å². The zero-order valence-corrected chi connectivity index (χ0v) is 35.0. The molecule has 0 aromatic heterocycles. The molecule has 1 aromatic rings. The second kappa shape index (κ2) is 17.8. The Bertz CT molecular complexity index is 1630. The molecule has 56 heavy (non-hydrogen) atoms. The predicted molar refractivity (Wildman–Crippen MR) is 212 cm³/mol. The van der Waals surface area contributed by atoms with E-state index in [0.29, 0.717) is 17.7 Å². The Morgan fingerprint density at radius 3 is 2.16 bits per heavy atom. The lowest BCUT2D eigenvalue weighted by Crippen LogP contribution is -2.60. The third-order valence-electron chi connectivity index (χ3n) is 10.7. The van der Waals surface area contributed by atoms with Crippen LogP contribution in [0.15, 0.2) is 42.6 Å². The van der Waals surface area contributed by atoms with Crippen LogP contribution in [0.3, 0.4) is 0 Å². The molecular formula is C42H64N6O8. The van der Waals surface area contributed by atoms with Crippen LogP contribution in [0.25, 0.3) is 0 Å². The average molecular weight is 781 g/mol. The highest BCUT2D eigenvalue weighted by Gasteiger charge is 2.57. The molecule has 2 aliphatic heterocycles. The monoisotopic (exact) mass is 780 g/mol. The fourth-order valence-corrected chi connectivity index (χ4v) is 8.02. The third-order valence-corrected chi connectivity index (χ3v) is 10.7. The molecule has 14 heteroatoms. The van der Waals surface area contributed by atoms with Crippen molar-refractivity contribution in [2.24, 2.45) is 17.3 Å². The number of hydrogen-bond donors (Lipinski definition) is 4. The zero-order valence-electron chi connectivity index (χ0n) is 35.0. The fraction of sp³-hybridized carbons (Fsp3) is 0.667. The molecule has 2 heterocycles. The molecule has 4 rings (SSSR count). The normalized spacial score (nSPS) is 22.2. The standard InChI is InChI=1S/C42H64N6O8/c1-25(44-31(37(52)47(10)11)27-19-13-12-14-20-27)23-43-36(51)33(49)29(21-26-17-15-16-18-26)45-35(50)32-28-22-42(8,9)55-30(28)24-48(32)38(53)34(40(2,3)4)46-39(54)56-41(5,6)7/h12-14,19-20,26,28-32,34,44H,1,15-18,21-24H2,2-11H3,(H,43,51)(H,45,50)(H,46,54)/t28-,29?,30-,31-,32?,34+/m0/s1. The van der Waals surface area contributed by atoms with E-state index in [0.717, 1.165) is 25.7 Å². The highest BCUT2D eigenvalue weighted by molar-refractivity contribution is 6.38. The Morgan fingerprint density at radius 1 is 0.964 bits per heavy atom. The van der Waals surface area contributed by atoms with E-state index in [9.17, 15) is 28.8 Å². The van der Waals surface area contributed by atoms with Crippen LogP contribution >= 0.6 is 0 Å². The number of fused-ring (bicyclic) bond motifs is 1. The number of carbonyl (C=O) groups excluding carboxylic acids is 6. The minimum atomic E-state index is -1.15. The van der Waals surface area contributed by atoms with E-state index in [1.54, 1.807) is 34.9 Å². The first kappa shape index (κ1) is 44.3. The molecule has 3 aliphatic rings. The molecule has 1 saturated carbocycles. The Morgan fingerprint density at radius 2 is 1.59 bits per heavy atom. The molecule has 0 radical (unpaired) electrons. The molecule has 4 N–H and O–H groups in total. The van der Waals surface area contributed by atoms with Crippen molar-refractivity contribution < 1.29 is 38.2 Å². The van der Waals surface area contributed by atoms with Crippen LogP contribution in [0, 0.1) is 17.3 Å². The minimum Gasteiger partial charge on any atom is -0.444 e. The van der Waals surface area contributed by atoms with Crippen LogP contribution < -0.4 is 21.3 Å². The van der Waals surface area contributed by atoms with Crippen molar-refractivity contribution in [2.45, 2.75) is 135 Å². The molecule has 3 fully saturated rings. The maximum absolute atomic E-state index is 14.5. The lowest BCUT2D eigenvalue weighted by Gasteiger charge is -2.37. The van der Waals surface area contributed by atoms with Gasteiger partial charge < -0.3 is 40.5 Å². The second-order valence-corrected chi connectivity index (χ2v) is 18.5. The Balaban J connectivity index is 1.54. The van der Waals surface area contributed by atoms with Gasteiger partial charge in [0.15, 0.2) is 0 Å². The van der Waals surface area contributed by atoms with Gasteiger partial charge in [-0.15, -0.1) is 0 Å². The molecule has 2 saturated heterocycles. The van der Waals surface area contributed by atoms with Crippen LogP contribution in [0.1, 0.15) is 106 Å². The molecular weight excluding hydrogens is 716 g/mol. The first-order valence-corrected chi connectivity index (χ1v) is 19.8. The molecule has 6 atom stereocenters. The minimum absolute atomic E-state index is 0.116. The maximum Gasteiger partial charge on any atom is 0.408 e. The van der Waals surface area contributed by atoms with Crippen LogP contribution in [-0.4, -0.2) is 108 Å². The third kappa shape index (κ3) is 11.5. The van der Waals surface area contributed by atoms with Crippen molar-refractivity contribution in [1.82, 2.24) is 31.1 Å². The predicted octanol–water partition coefficient (Wildman–Crippen LogP) is 4.00. The molecule has 1 aromatic carbocycles. The molecule has 0 spiro atoms. The van der Waals surface area contributed by atoms with Crippen LogP contribution in [0.5, 0.6) is 0 Å². The molecule has 14 nitrogen and oxygen atoms in total. The number of ether oxygens (including phenoxy) is 2. The summed E-state index contributed by atoms with van der Waals surface area (Å²) in [6.45, 7) is 18.5. The van der Waals surface area contributed by atoms with Gasteiger partial charge >= 0.3 is 6.09 Å². The summed E-state index contributed by atoms with van der Waals surface area (Å²) in [5, 5.41) is 11.4. The number of rotatable bonds is 14. The van der Waals surface area contributed by atoms with Gasteiger partial charge in [0.2, 0.25) is 23.5 Å². The van der Waals surface area contributed by atoms with Gasteiger partial charge in [-0.1, -0.05) is 83.4 Å². The number of likely N-dealkylation sites (tertiary alicyclic amines) is 1. The molecule has 1 aliphatic carbocycles. The zero-order chi connectivity index (χ0) is 41.7. The summed E-state index contributed by atoms with van der Waals surface area (Å²) in [5.74, 6) is -3.21. The van der Waals surface area contributed by atoms with Gasteiger partial charge in [-0.05, 0) is 64.4 Å². The molecule has 0 bridgehead atoms. The SMILES string of the molecule is C=C(CNC(=O)C(=O)C(CC1CCCC1)NC(=O)C1[C@H]2CC(C)(C)O[C@H]2CN1C(=O)[C@@H](NC(=O)OC(C)(C)C)C(C)(C)C)N[C@H](C(=O)N(C)C)c1ccccc1. The summed E-state index contributed by atoms with van der Waals surface area (Å²) in [4.78, 5) is 85.3. The van der Waals surface area contributed by atoms with Crippen molar-refractivity contribution in [3.8, 4) is 0 Å². The van der Waals surface area contributed by atoms with Crippen molar-refractivity contribution >= 4 is 35.5 Å². The van der Waals surface area contributed by atoms with Crippen molar-refractivity contribution in [3.05, 3.63) is 48.2 Å². The number of ketones is 1. The van der Waals surface area contributed by atoms with Crippen LogP contribution in [0.4, 0.5) is 4.79 Å². The number of nitrogens with zero attached hydrogens (tertiary/aromatic N) is 2. The number of Topliss-reactive ketones (excluding diaryl/α,β-unsaturated/α-hetero) is 1. The number of alkyl carbamates (subject to hydrolysis) is 1. The number of hydrogen-bond acceptors (Lipinski definition) is 9.